The van der Waals surface area contributed by atoms with Crippen molar-refractivity contribution in [1.82, 2.24) is 0 Å². The van der Waals surface area contributed by atoms with Gasteiger partial charge in [0.1, 0.15) is 5.75 Å². The van der Waals surface area contributed by atoms with E-state index in [9.17, 15) is 4.79 Å². The van der Waals surface area contributed by atoms with Crippen molar-refractivity contribution in [2.24, 2.45) is 0 Å². The molecular formula is C13H15NO3S. The fraction of sp³-hybridized carbons (Fsp3) is 0.462. The molecule has 5 heteroatoms. The van der Waals surface area contributed by atoms with Gasteiger partial charge >= 0.3 is 0 Å². The minimum absolute atomic E-state index is 0.0219. The topological polar surface area (TPSA) is 47.6 Å². The van der Waals surface area contributed by atoms with Gasteiger partial charge in [0, 0.05) is 5.75 Å². The number of amides is 1. The molecule has 0 radical (unpaired) electrons. The van der Waals surface area contributed by atoms with Gasteiger partial charge in [-0.1, -0.05) is 6.07 Å². The molecule has 1 atom stereocenters. The van der Waals surface area contributed by atoms with Crippen molar-refractivity contribution in [3.8, 4) is 5.75 Å². The summed E-state index contributed by atoms with van der Waals surface area (Å²) in [6.07, 6.45) is -0.436. The summed E-state index contributed by atoms with van der Waals surface area (Å²) in [5.74, 6) is 1.35. The van der Waals surface area contributed by atoms with Crippen LogP contribution in [0.1, 0.15) is 12.5 Å². The Morgan fingerprint density at radius 2 is 2.28 bits per heavy atom. The molecule has 1 amide bonds. The molecule has 18 heavy (non-hydrogen) atoms. The highest BCUT2D eigenvalue weighted by molar-refractivity contribution is 7.80. The van der Waals surface area contributed by atoms with E-state index in [1.165, 1.54) is 0 Å². The molecular weight excluding hydrogens is 250 g/mol. The van der Waals surface area contributed by atoms with E-state index in [1.807, 2.05) is 18.2 Å². The molecule has 0 spiro atoms. The summed E-state index contributed by atoms with van der Waals surface area (Å²) in [4.78, 5) is 11.6. The number of hydrogen-bond donors (Lipinski definition) is 2. The number of hydrogen-bond acceptors (Lipinski definition) is 4. The van der Waals surface area contributed by atoms with Crippen LogP contribution in [-0.4, -0.2) is 31.0 Å². The maximum Gasteiger partial charge on any atom is 0.265 e. The molecule has 1 unspecified atom stereocenters. The van der Waals surface area contributed by atoms with Crippen LogP contribution in [0.15, 0.2) is 18.2 Å². The molecule has 4 nitrogen and oxygen atoms in total. The fourth-order valence-corrected chi connectivity index (χ4v) is 2.60. The zero-order valence-corrected chi connectivity index (χ0v) is 11.0. The molecule has 2 aliphatic heterocycles. The van der Waals surface area contributed by atoms with Gasteiger partial charge in [0.2, 0.25) is 0 Å². The minimum Gasteiger partial charge on any atom is -0.479 e. The Hall–Kier alpha value is -1.20. The van der Waals surface area contributed by atoms with Crippen LogP contribution in [0.2, 0.25) is 0 Å². The minimum atomic E-state index is -0.436. The Morgan fingerprint density at radius 1 is 1.50 bits per heavy atom. The first-order chi connectivity index (χ1) is 8.64. The summed E-state index contributed by atoms with van der Waals surface area (Å²) < 4.78 is 10.8. The molecule has 0 bridgehead atoms. The summed E-state index contributed by atoms with van der Waals surface area (Å²) in [7, 11) is 0. The van der Waals surface area contributed by atoms with E-state index in [4.69, 9.17) is 9.47 Å². The lowest BCUT2D eigenvalue weighted by Crippen LogP contribution is -2.48. The van der Waals surface area contributed by atoms with Crippen molar-refractivity contribution in [2.45, 2.75) is 18.4 Å². The fourth-order valence-electron chi connectivity index (χ4n) is 2.24. The second-order valence-corrected chi connectivity index (χ2v) is 5.21. The SMILES string of the molecule is CC1Oc2ccc(C3(CS)COC3)cc2NC1=O. The maximum atomic E-state index is 11.6. The third-order valence-electron chi connectivity index (χ3n) is 3.58. The van der Waals surface area contributed by atoms with Crippen LogP contribution in [0.25, 0.3) is 0 Å². The van der Waals surface area contributed by atoms with E-state index in [1.54, 1.807) is 6.92 Å². The zero-order valence-electron chi connectivity index (χ0n) is 10.1. The molecule has 1 aromatic carbocycles. The molecule has 0 aliphatic carbocycles. The van der Waals surface area contributed by atoms with Gasteiger partial charge in [-0.3, -0.25) is 4.79 Å². The second kappa shape index (κ2) is 4.17. The van der Waals surface area contributed by atoms with Gasteiger partial charge in [0.15, 0.2) is 6.10 Å². The van der Waals surface area contributed by atoms with Gasteiger partial charge in [-0.25, -0.2) is 0 Å². The van der Waals surface area contributed by atoms with Gasteiger partial charge in [-0.2, -0.15) is 12.6 Å². The van der Waals surface area contributed by atoms with Crippen molar-refractivity contribution < 1.29 is 14.3 Å². The van der Waals surface area contributed by atoms with Gasteiger partial charge in [-0.05, 0) is 24.6 Å². The summed E-state index contributed by atoms with van der Waals surface area (Å²) in [5.41, 5.74) is 1.86. The quantitative estimate of drug-likeness (QED) is 0.799. The van der Waals surface area contributed by atoms with Gasteiger partial charge in [-0.15, -0.1) is 0 Å². The summed E-state index contributed by atoms with van der Waals surface area (Å²) >= 11 is 4.40. The maximum absolute atomic E-state index is 11.6. The smallest absolute Gasteiger partial charge is 0.265 e. The molecule has 2 heterocycles. The lowest BCUT2D eigenvalue weighted by atomic mass is 9.80. The predicted octanol–water partition coefficient (Wildman–Crippen LogP) is 1.60. The molecule has 0 saturated carbocycles. The van der Waals surface area contributed by atoms with E-state index in [2.05, 4.69) is 17.9 Å². The van der Waals surface area contributed by atoms with Gasteiger partial charge < -0.3 is 14.8 Å². The number of rotatable bonds is 2. The van der Waals surface area contributed by atoms with E-state index >= 15 is 0 Å². The summed E-state index contributed by atoms with van der Waals surface area (Å²) in [6, 6.07) is 5.91. The zero-order chi connectivity index (χ0) is 12.8. The van der Waals surface area contributed by atoms with E-state index in [-0.39, 0.29) is 11.3 Å². The standard InChI is InChI=1S/C13H15NO3S/c1-8-12(15)14-10-4-9(2-3-11(10)17-8)13(7-18)5-16-6-13/h2-4,8,18H,5-7H2,1H3,(H,14,15). The number of fused-ring (bicyclic) bond motifs is 1. The number of benzene rings is 1. The molecule has 1 aromatic rings. The predicted molar refractivity (Wildman–Crippen MR) is 71.5 cm³/mol. The number of anilines is 1. The Morgan fingerprint density at radius 3 is 2.89 bits per heavy atom. The molecule has 1 saturated heterocycles. The van der Waals surface area contributed by atoms with E-state index in [0.29, 0.717) is 13.2 Å². The Balaban J connectivity index is 1.96. The van der Waals surface area contributed by atoms with Crippen LogP contribution in [0.3, 0.4) is 0 Å². The van der Waals surface area contributed by atoms with Gasteiger partial charge in [0.25, 0.3) is 5.91 Å². The van der Waals surface area contributed by atoms with Crippen LogP contribution in [0.4, 0.5) is 5.69 Å². The first kappa shape index (κ1) is 11.9. The Kier molecular flexibility index (Phi) is 2.75. The largest absolute Gasteiger partial charge is 0.479 e. The Labute approximate surface area is 111 Å². The molecule has 3 rings (SSSR count). The lowest BCUT2D eigenvalue weighted by molar-refractivity contribution is -0.122. The third kappa shape index (κ3) is 1.69. The highest BCUT2D eigenvalue weighted by atomic mass is 32.1. The first-order valence-electron chi connectivity index (χ1n) is 5.95. The highest BCUT2D eigenvalue weighted by Crippen LogP contribution is 2.38. The number of thiol groups is 1. The average Bonchev–Trinajstić information content (AvgIpc) is 2.30. The third-order valence-corrected chi connectivity index (χ3v) is 4.19. The Bertz CT molecular complexity index is 493. The van der Waals surface area contributed by atoms with Crippen LogP contribution in [0, 0.1) is 0 Å². The van der Waals surface area contributed by atoms with Crippen molar-refractivity contribution >= 4 is 24.2 Å². The molecule has 1 N–H and O–H groups in total. The number of carbonyl (C=O) groups is 1. The van der Waals surface area contributed by atoms with Gasteiger partial charge in [0.05, 0.1) is 24.3 Å². The molecule has 96 valence electrons. The number of carbonyl (C=O) groups excluding carboxylic acids is 1. The van der Waals surface area contributed by atoms with Crippen molar-refractivity contribution in [2.75, 3.05) is 24.3 Å². The van der Waals surface area contributed by atoms with Crippen LogP contribution >= 0.6 is 12.6 Å². The molecule has 2 aliphatic rings. The monoisotopic (exact) mass is 265 g/mol. The normalized spacial score (nSPS) is 24.6. The lowest BCUT2D eigenvalue weighted by Gasteiger charge is -2.41. The van der Waals surface area contributed by atoms with E-state index in [0.717, 1.165) is 22.8 Å². The van der Waals surface area contributed by atoms with Crippen LogP contribution in [-0.2, 0) is 14.9 Å². The van der Waals surface area contributed by atoms with E-state index < -0.39 is 6.10 Å². The summed E-state index contributed by atoms with van der Waals surface area (Å²) in [6.45, 7) is 3.10. The number of nitrogens with one attached hydrogen (secondary N) is 1. The first-order valence-corrected chi connectivity index (χ1v) is 6.58. The van der Waals surface area contributed by atoms with Crippen molar-refractivity contribution in [1.29, 1.82) is 0 Å². The van der Waals surface area contributed by atoms with Crippen LogP contribution in [0.5, 0.6) is 5.75 Å². The molecule has 0 aromatic heterocycles. The number of ether oxygens (including phenoxy) is 2. The van der Waals surface area contributed by atoms with Crippen molar-refractivity contribution in [3.63, 3.8) is 0 Å². The van der Waals surface area contributed by atoms with Crippen LogP contribution < -0.4 is 10.1 Å². The summed E-state index contributed by atoms with van der Waals surface area (Å²) in [5, 5.41) is 2.86. The molecule has 1 fully saturated rings. The highest BCUT2D eigenvalue weighted by Gasteiger charge is 2.39. The average molecular weight is 265 g/mol. The van der Waals surface area contributed by atoms with Crippen molar-refractivity contribution in [3.05, 3.63) is 23.8 Å². The second-order valence-electron chi connectivity index (χ2n) is 4.89.